The summed E-state index contributed by atoms with van der Waals surface area (Å²) in [5, 5.41) is 2.84. The van der Waals surface area contributed by atoms with Crippen molar-refractivity contribution in [2.24, 2.45) is 0 Å². The molecule has 0 unspecified atom stereocenters. The molecular formula is C30H36FN3O6S. The fourth-order valence-electron chi connectivity index (χ4n) is 4.32. The van der Waals surface area contributed by atoms with Crippen molar-refractivity contribution in [3.8, 4) is 11.5 Å². The lowest BCUT2D eigenvalue weighted by molar-refractivity contribution is -0.140. The Hall–Kier alpha value is -4.12. The first-order valence-corrected chi connectivity index (χ1v) is 15.0. The number of nitrogens with zero attached hydrogens (tertiary/aromatic N) is 2. The average Bonchev–Trinajstić information content (AvgIpc) is 2.96. The summed E-state index contributed by atoms with van der Waals surface area (Å²) < 4.78 is 52.2. The summed E-state index contributed by atoms with van der Waals surface area (Å²) in [6, 6.07) is 18.5. The molecule has 1 N–H and O–H groups in total. The van der Waals surface area contributed by atoms with Crippen LogP contribution >= 0.6 is 0 Å². The minimum atomic E-state index is -3.98. The molecule has 2 amide bonds. The van der Waals surface area contributed by atoms with Gasteiger partial charge in [0.1, 0.15) is 18.4 Å². The second kappa shape index (κ2) is 14.5. The topological polar surface area (TPSA) is 105 Å². The number of rotatable bonds is 14. The number of hydrogen-bond acceptors (Lipinski definition) is 6. The van der Waals surface area contributed by atoms with Crippen LogP contribution in [0.25, 0.3) is 0 Å². The highest BCUT2D eigenvalue weighted by Gasteiger charge is 2.33. The Morgan fingerprint density at radius 2 is 1.61 bits per heavy atom. The van der Waals surface area contributed by atoms with Gasteiger partial charge in [0, 0.05) is 31.1 Å². The summed E-state index contributed by atoms with van der Waals surface area (Å²) in [7, 11) is -1.11. The highest BCUT2D eigenvalue weighted by Crippen LogP contribution is 2.32. The Kier molecular flexibility index (Phi) is 11.1. The van der Waals surface area contributed by atoms with E-state index in [1.807, 2.05) is 37.3 Å². The molecule has 11 heteroatoms. The molecule has 9 nitrogen and oxygen atoms in total. The number of carbonyl (C=O) groups is 2. The molecule has 0 aliphatic carbocycles. The molecular weight excluding hydrogens is 549 g/mol. The Labute approximate surface area is 240 Å². The van der Waals surface area contributed by atoms with Crippen molar-refractivity contribution >= 4 is 27.5 Å². The van der Waals surface area contributed by atoms with Crippen molar-refractivity contribution in [3.05, 3.63) is 89.7 Å². The van der Waals surface area contributed by atoms with Crippen LogP contribution in [0.2, 0.25) is 0 Å². The van der Waals surface area contributed by atoms with E-state index in [0.717, 1.165) is 16.1 Å². The van der Waals surface area contributed by atoms with Crippen molar-refractivity contribution in [2.75, 3.05) is 37.9 Å². The van der Waals surface area contributed by atoms with Gasteiger partial charge in [-0.25, -0.2) is 12.8 Å². The Morgan fingerprint density at radius 3 is 2.22 bits per heavy atom. The highest BCUT2D eigenvalue weighted by molar-refractivity contribution is 7.92. The van der Waals surface area contributed by atoms with Crippen LogP contribution in [0, 0.1) is 5.82 Å². The standard InChI is InChI=1S/C30H36FN3O6S/c1-5-17-32-30(36)26(18-22-11-7-6-8-12-22)33(20-23-13-9-10-14-25(23)31)29(35)21-34(41(4,37)38)24-15-16-27(39-2)28(19-24)40-3/h6-16,19,26H,5,17-18,20-21H2,1-4H3,(H,32,36)/t26-/m1/s1. The number of anilines is 1. The lowest BCUT2D eigenvalue weighted by Crippen LogP contribution is -2.53. The van der Waals surface area contributed by atoms with Crippen LogP contribution in [0.3, 0.4) is 0 Å². The monoisotopic (exact) mass is 585 g/mol. The number of amides is 2. The summed E-state index contributed by atoms with van der Waals surface area (Å²) in [5.41, 5.74) is 1.15. The number of nitrogens with one attached hydrogen (secondary N) is 1. The number of benzene rings is 3. The smallest absolute Gasteiger partial charge is 0.244 e. The SMILES string of the molecule is CCCNC(=O)[C@@H](Cc1ccccc1)N(Cc1ccccc1F)C(=O)CN(c1ccc(OC)c(OC)c1)S(C)(=O)=O. The van der Waals surface area contributed by atoms with Gasteiger partial charge in [0.2, 0.25) is 21.8 Å². The summed E-state index contributed by atoms with van der Waals surface area (Å²) in [4.78, 5) is 28.8. The third-order valence-corrected chi connectivity index (χ3v) is 7.59. The van der Waals surface area contributed by atoms with Crippen LogP contribution < -0.4 is 19.1 Å². The summed E-state index contributed by atoms with van der Waals surface area (Å²) in [5.74, 6) is -0.987. The maximum Gasteiger partial charge on any atom is 0.244 e. The Balaban J connectivity index is 2.07. The lowest BCUT2D eigenvalue weighted by atomic mass is 10.0. The van der Waals surface area contributed by atoms with E-state index in [4.69, 9.17) is 9.47 Å². The van der Waals surface area contributed by atoms with Crippen LogP contribution in [0.5, 0.6) is 11.5 Å². The van der Waals surface area contributed by atoms with Crippen molar-refractivity contribution in [3.63, 3.8) is 0 Å². The van der Waals surface area contributed by atoms with Gasteiger partial charge in [-0.15, -0.1) is 0 Å². The minimum Gasteiger partial charge on any atom is -0.493 e. The molecule has 3 aromatic carbocycles. The molecule has 0 heterocycles. The summed E-state index contributed by atoms with van der Waals surface area (Å²) in [6.07, 6.45) is 1.80. The van der Waals surface area contributed by atoms with Gasteiger partial charge >= 0.3 is 0 Å². The van der Waals surface area contributed by atoms with Gasteiger partial charge in [-0.2, -0.15) is 0 Å². The van der Waals surface area contributed by atoms with Gasteiger partial charge in [-0.05, 0) is 30.2 Å². The second-order valence-electron chi connectivity index (χ2n) is 9.42. The average molecular weight is 586 g/mol. The van der Waals surface area contributed by atoms with E-state index in [9.17, 15) is 22.4 Å². The van der Waals surface area contributed by atoms with Gasteiger partial charge < -0.3 is 19.7 Å². The fourth-order valence-corrected chi connectivity index (χ4v) is 5.17. The molecule has 0 aromatic heterocycles. The summed E-state index contributed by atoms with van der Waals surface area (Å²) >= 11 is 0. The van der Waals surface area contributed by atoms with Crippen LogP contribution in [-0.2, 0) is 32.6 Å². The molecule has 3 rings (SSSR count). The van der Waals surface area contributed by atoms with Crippen LogP contribution in [0.1, 0.15) is 24.5 Å². The van der Waals surface area contributed by atoms with Crippen molar-refractivity contribution in [2.45, 2.75) is 32.4 Å². The molecule has 0 saturated carbocycles. The quantitative estimate of drug-likeness (QED) is 0.309. The molecule has 0 saturated heterocycles. The van der Waals surface area contributed by atoms with E-state index in [2.05, 4.69) is 5.32 Å². The normalized spacial score (nSPS) is 11.8. The molecule has 220 valence electrons. The highest BCUT2D eigenvalue weighted by atomic mass is 32.2. The van der Waals surface area contributed by atoms with Crippen molar-refractivity contribution in [1.82, 2.24) is 10.2 Å². The van der Waals surface area contributed by atoms with Crippen LogP contribution in [-0.4, -0.2) is 64.7 Å². The fraction of sp³-hybridized carbons (Fsp3) is 0.333. The first-order chi connectivity index (χ1) is 19.6. The van der Waals surface area contributed by atoms with Crippen LogP contribution in [0.4, 0.5) is 10.1 Å². The molecule has 0 spiro atoms. The zero-order valence-electron chi connectivity index (χ0n) is 23.7. The van der Waals surface area contributed by atoms with Gasteiger partial charge in [0.05, 0.1) is 26.2 Å². The molecule has 0 aliphatic heterocycles. The number of halogens is 1. The first-order valence-electron chi connectivity index (χ1n) is 13.1. The zero-order valence-corrected chi connectivity index (χ0v) is 24.5. The van der Waals surface area contributed by atoms with E-state index in [0.29, 0.717) is 18.7 Å². The number of ether oxygens (including phenoxy) is 2. The van der Waals surface area contributed by atoms with Crippen molar-refractivity contribution < 1.29 is 31.9 Å². The molecule has 0 fully saturated rings. The second-order valence-corrected chi connectivity index (χ2v) is 11.3. The van der Waals surface area contributed by atoms with E-state index < -0.39 is 40.2 Å². The lowest BCUT2D eigenvalue weighted by Gasteiger charge is -2.33. The predicted molar refractivity (Wildman–Crippen MR) is 156 cm³/mol. The van der Waals surface area contributed by atoms with Gasteiger partial charge in [0.25, 0.3) is 0 Å². The number of sulfonamides is 1. The molecule has 0 radical (unpaired) electrons. The summed E-state index contributed by atoms with van der Waals surface area (Å²) in [6.45, 7) is 1.41. The van der Waals surface area contributed by atoms with E-state index in [1.54, 1.807) is 6.07 Å². The van der Waals surface area contributed by atoms with Gasteiger partial charge in [0.15, 0.2) is 11.5 Å². The third kappa shape index (κ3) is 8.43. The predicted octanol–water partition coefficient (Wildman–Crippen LogP) is 3.78. The largest absolute Gasteiger partial charge is 0.493 e. The molecule has 1 atom stereocenters. The Morgan fingerprint density at radius 1 is 0.951 bits per heavy atom. The number of carbonyl (C=O) groups excluding carboxylic acids is 2. The Bertz CT molecular complexity index is 1440. The maximum absolute atomic E-state index is 14.8. The van der Waals surface area contributed by atoms with E-state index in [1.165, 1.54) is 55.5 Å². The zero-order chi connectivity index (χ0) is 30.0. The van der Waals surface area contributed by atoms with Gasteiger partial charge in [-0.3, -0.25) is 13.9 Å². The van der Waals surface area contributed by atoms with E-state index >= 15 is 0 Å². The van der Waals surface area contributed by atoms with Crippen LogP contribution in [0.15, 0.2) is 72.8 Å². The third-order valence-electron chi connectivity index (χ3n) is 6.45. The first kappa shape index (κ1) is 31.4. The maximum atomic E-state index is 14.8. The van der Waals surface area contributed by atoms with Gasteiger partial charge in [-0.1, -0.05) is 55.5 Å². The van der Waals surface area contributed by atoms with Crippen molar-refractivity contribution in [1.29, 1.82) is 0 Å². The minimum absolute atomic E-state index is 0.145. The molecule has 3 aromatic rings. The number of hydrogen-bond donors (Lipinski definition) is 1. The molecule has 0 aliphatic rings. The molecule has 41 heavy (non-hydrogen) atoms. The number of methoxy groups -OCH3 is 2. The molecule has 0 bridgehead atoms. The van der Waals surface area contributed by atoms with E-state index in [-0.39, 0.29) is 30.0 Å².